The third-order valence-corrected chi connectivity index (χ3v) is 4.84. The Bertz CT molecular complexity index is 534. The standard InChI is InChI=1S/C14H16N2O3S/c17-12(11-7-20-8-15-11)16-10-3-1-9(2-4-10)14(5-6-14)13(18)19/h1-4,11,15H,5-8H2,(H,16,17)(H,18,19). The van der Waals surface area contributed by atoms with E-state index in [4.69, 9.17) is 0 Å². The van der Waals surface area contributed by atoms with Crippen LogP contribution in [-0.4, -0.2) is 34.7 Å². The van der Waals surface area contributed by atoms with E-state index in [0.717, 1.165) is 17.2 Å². The highest BCUT2D eigenvalue weighted by molar-refractivity contribution is 7.99. The van der Waals surface area contributed by atoms with Gasteiger partial charge in [-0.15, -0.1) is 11.8 Å². The van der Waals surface area contributed by atoms with Gasteiger partial charge in [0.05, 0.1) is 11.5 Å². The van der Waals surface area contributed by atoms with E-state index in [-0.39, 0.29) is 11.9 Å². The van der Waals surface area contributed by atoms with Crippen molar-refractivity contribution in [3.8, 4) is 0 Å². The molecule has 1 aliphatic carbocycles. The van der Waals surface area contributed by atoms with Crippen molar-refractivity contribution >= 4 is 29.3 Å². The average molecular weight is 292 g/mol. The summed E-state index contributed by atoms with van der Waals surface area (Å²) >= 11 is 1.70. The zero-order valence-corrected chi connectivity index (χ0v) is 11.7. The van der Waals surface area contributed by atoms with Crippen LogP contribution in [0, 0.1) is 0 Å². The molecular formula is C14H16N2O3S. The first kappa shape index (κ1) is 13.5. The smallest absolute Gasteiger partial charge is 0.314 e. The number of rotatable bonds is 4. The van der Waals surface area contributed by atoms with Gasteiger partial charge in [0, 0.05) is 17.3 Å². The van der Waals surface area contributed by atoms with Gasteiger partial charge in [-0.25, -0.2) is 0 Å². The summed E-state index contributed by atoms with van der Waals surface area (Å²) in [5.41, 5.74) is 0.836. The Morgan fingerprint density at radius 2 is 2.00 bits per heavy atom. The molecule has 0 bridgehead atoms. The lowest BCUT2D eigenvalue weighted by Gasteiger charge is -2.13. The molecule has 1 heterocycles. The van der Waals surface area contributed by atoms with Crippen LogP contribution in [0.2, 0.25) is 0 Å². The first-order valence-electron chi connectivity index (χ1n) is 6.58. The highest BCUT2D eigenvalue weighted by Gasteiger charge is 2.51. The maximum absolute atomic E-state index is 11.9. The fourth-order valence-electron chi connectivity index (χ4n) is 2.42. The van der Waals surface area contributed by atoms with Crippen molar-refractivity contribution in [3.63, 3.8) is 0 Å². The Hall–Kier alpha value is -1.53. The van der Waals surface area contributed by atoms with Crippen LogP contribution in [-0.2, 0) is 15.0 Å². The number of hydrogen-bond acceptors (Lipinski definition) is 4. The molecular weight excluding hydrogens is 276 g/mol. The van der Waals surface area contributed by atoms with Crippen LogP contribution in [0.1, 0.15) is 18.4 Å². The van der Waals surface area contributed by atoms with Crippen molar-refractivity contribution in [2.45, 2.75) is 24.3 Å². The molecule has 1 aliphatic heterocycles. The van der Waals surface area contributed by atoms with Crippen LogP contribution >= 0.6 is 11.8 Å². The number of carboxylic acid groups (broad SMARTS) is 1. The Morgan fingerprint density at radius 3 is 2.50 bits per heavy atom. The lowest BCUT2D eigenvalue weighted by atomic mass is 9.96. The van der Waals surface area contributed by atoms with Gasteiger partial charge in [0.1, 0.15) is 0 Å². The van der Waals surface area contributed by atoms with Crippen molar-refractivity contribution in [1.82, 2.24) is 5.32 Å². The molecule has 2 aliphatic rings. The molecule has 3 rings (SSSR count). The highest BCUT2D eigenvalue weighted by atomic mass is 32.2. The van der Waals surface area contributed by atoms with Gasteiger partial charge >= 0.3 is 5.97 Å². The molecule has 0 spiro atoms. The van der Waals surface area contributed by atoms with Crippen molar-refractivity contribution in [3.05, 3.63) is 29.8 Å². The van der Waals surface area contributed by atoms with Gasteiger partial charge in [-0.2, -0.15) is 0 Å². The quantitative estimate of drug-likeness (QED) is 0.782. The van der Waals surface area contributed by atoms with Crippen molar-refractivity contribution < 1.29 is 14.7 Å². The number of nitrogens with one attached hydrogen (secondary N) is 2. The molecule has 0 aromatic heterocycles. The molecule has 20 heavy (non-hydrogen) atoms. The molecule has 1 saturated carbocycles. The number of carbonyl (C=O) groups is 2. The largest absolute Gasteiger partial charge is 0.481 e. The SMILES string of the molecule is O=C(Nc1ccc(C2(C(=O)O)CC2)cc1)C1CSCN1. The Balaban J connectivity index is 1.67. The molecule has 0 radical (unpaired) electrons. The summed E-state index contributed by atoms with van der Waals surface area (Å²) in [6, 6.07) is 7.01. The normalized spacial score (nSPS) is 23.3. The van der Waals surface area contributed by atoms with Crippen LogP contribution < -0.4 is 10.6 Å². The van der Waals surface area contributed by atoms with Gasteiger partial charge in [0.15, 0.2) is 0 Å². The van der Waals surface area contributed by atoms with Gasteiger partial charge in [-0.3, -0.25) is 14.9 Å². The second kappa shape index (κ2) is 5.10. The third kappa shape index (κ3) is 2.41. The summed E-state index contributed by atoms with van der Waals surface area (Å²) < 4.78 is 0. The Morgan fingerprint density at radius 1 is 1.30 bits per heavy atom. The summed E-state index contributed by atoms with van der Waals surface area (Å²) in [5.74, 6) is 0.785. The van der Waals surface area contributed by atoms with Crippen molar-refractivity contribution in [1.29, 1.82) is 0 Å². The molecule has 1 atom stereocenters. The van der Waals surface area contributed by atoms with E-state index >= 15 is 0 Å². The summed E-state index contributed by atoms with van der Waals surface area (Å²) in [7, 11) is 0. The minimum Gasteiger partial charge on any atom is -0.481 e. The van der Waals surface area contributed by atoms with Crippen LogP contribution in [0.25, 0.3) is 0 Å². The topological polar surface area (TPSA) is 78.4 Å². The number of hydrogen-bond donors (Lipinski definition) is 3. The number of carbonyl (C=O) groups excluding carboxylic acids is 1. The third-order valence-electron chi connectivity index (χ3n) is 3.90. The second-order valence-corrected chi connectivity index (χ2v) is 6.26. The second-order valence-electron chi connectivity index (χ2n) is 5.23. The number of amides is 1. The zero-order valence-electron chi connectivity index (χ0n) is 10.9. The number of benzene rings is 1. The van der Waals surface area contributed by atoms with E-state index < -0.39 is 11.4 Å². The Kier molecular flexibility index (Phi) is 3.43. The van der Waals surface area contributed by atoms with Crippen LogP contribution in [0.5, 0.6) is 0 Å². The van der Waals surface area contributed by atoms with E-state index in [9.17, 15) is 14.7 Å². The van der Waals surface area contributed by atoms with E-state index in [1.165, 1.54) is 0 Å². The molecule has 1 amide bonds. The first-order valence-corrected chi connectivity index (χ1v) is 7.73. The number of anilines is 1. The molecule has 1 aromatic carbocycles. The predicted molar refractivity (Wildman–Crippen MR) is 77.9 cm³/mol. The van der Waals surface area contributed by atoms with Crippen LogP contribution in [0.4, 0.5) is 5.69 Å². The number of aliphatic carboxylic acids is 1. The molecule has 2 fully saturated rings. The van der Waals surface area contributed by atoms with Gasteiger partial charge in [0.2, 0.25) is 5.91 Å². The van der Waals surface area contributed by atoms with Crippen LogP contribution in [0.3, 0.4) is 0 Å². The summed E-state index contributed by atoms with van der Waals surface area (Å²) in [5, 5.41) is 15.2. The number of thioether (sulfide) groups is 1. The molecule has 1 saturated heterocycles. The van der Waals surface area contributed by atoms with Gasteiger partial charge in [-0.1, -0.05) is 12.1 Å². The average Bonchev–Trinajstić information content (AvgIpc) is 3.07. The molecule has 5 nitrogen and oxygen atoms in total. The minimum atomic E-state index is -0.763. The molecule has 1 aromatic rings. The zero-order chi connectivity index (χ0) is 14.2. The summed E-state index contributed by atoms with van der Waals surface area (Å²) in [6.45, 7) is 0. The van der Waals surface area contributed by atoms with Gasteiger partial charge < -0.3 is 10.4 Å². The van der Waals surface area contributed by atoms with E-state index in [1.807, 2.05) is 0 Å². The van der Waals surface area contributed by atoms with Gasteiger partial charge in [-0.05, 0) is 30.5 Å². The predicted octanol–water partition coefficient (Wildman–Crippen LogP) is 1.40. The Labute approximate surface area is 121 Å². The summed E-state index contributed by atoms with van der Waals surface area (Å²) in [4.78, 5) is 23.2. The van der Waals surface area contributed by atoms with Crippen molar-refractivity contribution in [2.75, 3.05) is 16.9 Å². The van der Waals surface area contributed by atoms with E-state index in [0.29, 0.717) is 18.5 Å². The first-order chi connectivity index (χ1) is 9.62. The maximum atomic E-state index is 11.9. The van der Waals surface area contributed by atoms with Crippen molar-refractivity contribution in [2.24, 2.45) is 0 Å². The lowest BCUT2D eigenvalue weighted by molar-refractivity contribution is -0.140. The maximum Gasteiger partial charge on any atom is 0.314 e. The fraction of sp³-hybridized carbons (Fsp3) is 0.429. The van der Waals surface area contributed by atoms with Gasteiger partial charge in [0.25, 0.3) is 0 Å². The van der Waals surface area contributed by atoms with E-state index in [1.54, 1.807) is 36.0 Å². The van der Waals surface area contributed by atoms with E-state index in [2.05, 4.69) is 10.6 Å². The summed E-state index contributed by atoms with van der Waals surface area (Å²) in [6.07, 6.45) is 1.38. The highest BCUT2D eigenvalue weighted by Crippen LogP contribution is 2.48. The molecule has 3 N–H and O–H groups in total. The lowest BCUT2D eigenvalue weighted by Crippen LogP contribution is -2.37. The monoisotopic (exact) mass is 292 g/mol. The van der Waals surface area contributed by atoms with Crippen LogP contribution in [0.15, 0.2) is 24.3 Å². The molecule has 1 unspecified atom stereocenters. The fourth-order valence-corrected chi connectivity index (χ4v) is 3.36. The molecule has 106 valence electrons. The molecule has 6 heteroatoms. The minimum absolute atomic E-state index is 0.0397. The number of carboxylic acids is 1.